The van der Waals surface area contributed by atoms with Crippen molar-refractivity contribution >= 4 is 26.0 Å². The SMILES string of the molecule is CC[Si](CC)(CC)O[C@H]1C[C@@]2(O)[C@@H](OC(=O)c3ccccc3)[C@@H]3[C@]4(OC(C)=O)CC[C@@H]4C[C@H](O)[C@@]3(C)C(=O)[C@H](C)C(=C1C)C2(C)C. The first kappa shape index (κ1) is 35.0. The summed E-state index contributed by atoms with van der Waals surface area (Å²) in [7, 11) is -2.21. The Bertz CT molecular complexity index is 1390. The number of hydrogen-bond donors (Lipinski definition) is 2. The summed E-state index contributed by atoms with van der Waals surface area (Å²) in [6.07, 6.45) is -1.33. The lowest BCUT2D eigenvalue weighted by Gasteiger charge is -2.68. The van der Waals surface area contributed by atoms with Crippen molar-refractivity contribution in [2.24, 2.45) is 28.6 Å². The molecule has 0 unspecified atom stereocenters. The smallest absolute Gasteiger partial charge is 0.338 e. The molecule has 0 aliphatic heterocycles. The van der Waals surface area contributed by atoms with Gasteiger partial charge in [0.1, 0.15) is 23.1 Å². The Hall–Kier alpha value is -2.33. The summed E-state index contributed by atoms with van der Waals surface area (Å²) < 4.78 is 19.9. The number of hydrogen-bond acceptors (Lipinski definition) is 8. The molecule has 1 aromatic carbocycles. The normalized spacial score (nSPS) is 38.5. The molecule has 46 heavy (non-hydrogen) atoms. The molecule has 0 heterocycles. The number of benzene rings is 1. The fourth-order valence-corrected chi connectivity index (χ4v) is 13.0. The number of esters is 2. The lowest BCUT2D eigenvalue weighted by Crippen LogP contribution is -2.78. The number of rotatable bonds is 8. The molecule has 1 aromatic rings. The molecule has 0 amide bonds. The highest BCUT2D eigenvalue weighted by Crippen LogP contribution is 2.67. The number of aliphatic hydroxyl groups is 2. The Kier molecular flexibility index (Phi) is 9.10. The van der Waals surface area contributed by atoms with Gasteiger partial charge in [0.05, 0.1) is 29.1 Å². The fraction of sp³-hybridized carbons (Fsp3) is 0.703. The third-order valence-electron chi connectivity index (χ3n) is 13.1. The Morgan fingerprint density at radius 1 is 1.04 bits per heavy atom. The quantitative estimate of drug-likeness (QED) is 0.188. The highest BCUT2D eigenvalue weighted by Gasteiger charge is 2.76. The van der Waals surface area contributed by atoms with E-state index in [0.29, 0.717) is 18.4 Å². The van der Waals surface area contributed by atoms with Crippen LogP contribution in [0.4, 0.5) is 0 Å². The van der Waals surface area contributed by atoms with Gasteiger partial charge in [-0.25, -0.2) is 4.79 Å². The minimum atomic E-state index is -2.21. The molecule has 8 nitrogen and oxygen atoms in total. The predicted molar refractivity (Wildman–Crippen MR) is 177 cm³/mol. The molecular formula is C37H54O8Si. The summed E-state index contributed by atoms with van der Waals surface area (Å²) in [6.45, 7) is 17.3. The van der Waals surface area contributed by atoms with Crippen molar-refractivity contribution < 1.29 is 38.5 Å². The van der Waals surface area contributed by atoms with Crippen molar-refractivity contribution in [3.63, 3.8) is 0 Å². The van der Waals surface area contributed by atoms with Crippen LogP contribution >= 0.6 is 0 Å². The topological polar surface area (TPSA) is 119 Å². The van der Waals surface area contributed by atoms with E-state index in [9.17, 15) is 19.8 Å². The van der Waals surface area contributed by atoms with Crippen molar-refractivity contribution in [1.29, 1.82) is 0 Å². The maximum atomic E-state index is 15.1. The zero-order valence-corrected chi connectivity index (χ0v) is 30.1. The highest BCUT2D eigenvalue weighted by atomic mass is 28.4. The molecular weight excluding hydrogens is 600 g/mol. The van der Waals surface area contributed by atoms with E-state index >= 15 is 4.79 Å². The van der Waals surface area contributed by atoms with Crippen LogP contribution in [0.2, 0.25) is 18.1 Å². The van der Waals surface area contributed by atoms with E-state index in [1.165, 1.54) is 6.92 Å². The van der Waals surface area contributed by atoms with Crippen LogP contribution in [0.5, 0.6) is 0 Å². The van der Waals surface area contributed by atoms with Gasteiger partial charge < -0.3 is 24.1 Å². The molecule has 254 valence electrons. The molecule has 0 saturated heterocycles. The Balaban J connectivity index is 1.81. The van der Waals surface area contributed by atoms with E-state index in [-0.39, 0.29) is 24.5 Å². The van der Waals surface area contributed by atoms with Gasteiger partial charge in [0.15, 0.2) is 8.32 Å². The standard InChI is InChI=1S/C37H54O8Si/c1-10-46(11-2,12-3)45-27-21-37(42)32(43-33(41)25-16-14-13-15-17-25)30-35(9,31(40)23(5)29(22(27)4)34(37,7)8)28(39)20-26-18-19-36(26,30)44-24(6)38/h13-17,23,26-28,30,32,39,42H,10-12,18-21H2,1-9H3/t23-,26-,27+,28+,30+,32+,35-,36+,37-/m1/s1. The highest BCUT2D eigenvalue weighted by molar-refractivity contribution is 6.73. The van der Waals surface area contributed by atoms with Gasteiger partial charge in [-0.05, 0) is 74.5 Å². The maximum absolute atomic E-state index is 15.1. The first-order chi connectivity index (χ1) is 21.5. The zero-order valence-electron chi connectivity index (χ0n) is 29.1. The largest absolute Gasteiger partial charge is 0.458 e. The molecule has 0 aromatic heterocycles. The van der Waals surface area contributed by atoms with Gasteiger partial charge in [-0.2, -0.15) is 0 Å². The van der Waals surface area contributed by atoms with Gasteiger partial charge in [-0.1, -0.05) is 59.7 Å². The van der Waals surface area contributed by atoms with Crippen molar-refractivity contribution in [3.8, 4) is 0 Å². The molecule has 2 N–H and O–H groups in total. The number of ketones is 1. The second kappa shape index (κ2) is 12.0. The summed E-state index contributed by atoms with van der Waals surface area (Å²) in [5.41, 5.74) is -3.44. The van der Waals surface area contributed by atoms with Crippen molar-refractivity contribution in [2.45, 2.75) is 136 Å². The number of fused-ring (bicyclic) bond motifs is 5. The van der Waals surface area contributed by atoms with E-state index in [1.807, 2.05) is 27.7 Å². The summed E-state index contributed by atoms with van der Waals surface area (Å²) in [5.74, 6) is -3.26. The summed E-state index contributed by atoms with van der Waals surface area (Å²) in [6, 6.07) is 11.3. The molecule has 3 fully saturated rings. The molecule has 9 atom stereocenters. The molecule has 4 aliphatic carbocycles. The number of Topliss-reactive ketones (excluding diaryl/α,β-unsaturated/α-hetero) is 1. The second-order valence-electron chi connectivity index (χ2n) is 15.3. The average Bonchev–Trinajstić information content (AvgIpc) is 3.01. The van der Waals surface area contributed by atoms with Crippen LogP contribution in [0.1, 0.15) is 98.4 Å². The van der Waals surface area contributed by atoms with Crippen LogP contribution in [-0.2, 0) is 23.5 Å². The molecule has 9 heteroatoms. The Morgan fingerprint density at radius 2 is 1.65 bits per heavy atom. The van der Waals surface area contributed by atoms with Crippen LogP contribution in [0.25, 0.3) is 0 Å². The van der Waals surface area contributed by atoms with Gasteiger partial charge in [-0.15, -0.1) is 0 Å². The molecule has 4 aliphatic rings. The van der Waals surface area contributed by atoms with Gasteiger partial charge in [0.2, 0.25) is 0 Å². The number of ether oxygens (including phenoxy) is 2. The third-order valence-corrected chi connectivity index (χ3v) is 17.8. The Labute approximate surface area is 275 Å². The number of aliphatic hydroxyl groups excluding tert-OH is 1. The van der Waals surface area contributed by atoms with E-state index in [4.69, 9.17) is 13.9 Å². The van der Waals surface area contributed by atoms with Crippen LogP contribution in [0.15, 0.2) is 41.5 Å². The second-order valence-corrected chi connectivity index (χ2v) is 20.0. The summed E-state index contributed by atoms with van der Waals surface area (Å²) in [4.78, 5) is 41.9. The fourth-order valence-electron chi connectivity index (χ4n) is 10.1. The first-order valence-corrected chi connectivity index (χ1v) is 19.8. The van der Waals surface area contributed by atoms with Crippen molar-refractivity contribution in [2.75, 3.05) is 0 Å². The van der Waals surface area contributed by atoms with Crippen molar-refractivity contribution in [1.82, 2.24) is 0 Å². The lowest BCUT2D eigenvalue weighted by atomic mass is 9.40. The predicted octanol–water partition coefficient (Wildman–Crippen LogP) is 6.40. The minimum absolute atomic E-state index is 0.140. The van der Waals surface area contributed by atoms with Crippen LogP contribution in [0, 0.1) is 28.6 Å². The average molecular weight is 655 g/mol. The van der Waals surface area contributed by atoms with E-state index in [0.717, 1.165) is 29.3 Å². The number of carbonyl (C=O) groups excluding carboxylic acids is 3. The summed E-state index contributed by atoms with van der Waals surface area (Å²) >= 11 is 0. The monoisotopic (exact) mass is 654 g/mol. The molecule has 3 saturated carbocycles. The molecule has 2 bridgehead atoms. The Morgan fingerprint density at radius 3 is 2.17 bits per heavy atom. The van der Waals surface area contributed by atoms with Gasteiger partial charge >= 0.3 is 11.9 Å². The van der Waals surface area contributed by atoms with Gasteiger partial charge in [-0.3, -0.25) is 9.59 Å². The first-order valence-electron chi connectivity index (χ1n) is 17.3. The maximum Gasteiger partial charge on any atom is 0.338 e. The minimum Gasteiger partial charge on any atom is -0.458 e. The lowest BCUT2D eigenvalue weighted by molar-refractivity contribution is -0.294. The van der Waals surface area contributed by atoms with Gasteiger partial charge in [0.25, 0.3) is 0 Å². The molecule has 0 spiro atoms. The third kappa shape index (κ3) is 4.89. The van der Waals surface area contributed by atoms with Crippen molar-refractivity contribution in [3.05, 3.63) is 47.0 Å². The van der Waals surface area contributed by atoms with Crippen LogP contribution in [-0.4, -0.2) is 65.8 Å². The van der Waals surface area contributed by atoms with Crippen LogP contribution in [0.3, 0.4) is 0 Å². The van der Waals surface area contributed by atoms with Crippen LogP contribution < -0.4 is 0 Å². The molecule has 0 radical (unpaired) electrons. The van der Waals surface area contributed by atoms with E-state index in [1.54, 1.807) is 37.3 Å². The van der Waals surface area contributed by atoms with Gasteiger partial charge in [0, 0.05) is 30.6 Å². The summed E-state index contributed by atoms with van der Waals surface area (Å²) in [5, 5.41) is 25.4. The van der Waals surface area contributed by atoms with E-state index in [2.05, 4.69) is 20.8 Å². The number of carbonyl (C=O) groups is 3. The zero-order chi connectivity index (χ0) is 34.0. The molecule has 5 rings (SSSR count). The van der Waals surface area contributed by atoms with E-state index < -0.39 is 72.4 Å².